The van der Waals surface area contributed by atoms with Crippen LogP contribution in [0.15, 0.2) is 0 Å². The largest absolute Gasteiger partial charge is 0.394 e. The molecular weight excluding hydrogens is 967 g/mol. The van der Waals surface area contributed by atoms with Crippen molar-refractivity contribution >= 4 is 175 Å². The minimum Gasteiger partial charge on any atom is -0.394 e. The van der Waals surface area contributed by atoms with Crippen LogP contribution in [0.4, 0.5) is 0 Å². The highest BCUT2D eigenvalue weighted by Gasteiger charge is 2.69. The highest BCUT2D eigenvalue weighted by Crippen LogP contribution is 2.71. The van der Waals surface area contributed by atoms with Gasteiger partial charge in [0.05, 0.1) is 6.61 Å². The zero-order valence-corrected chi connectivity index (χ0v) is 25.3. The van der Waals surface area contributed by atoms with Gasteiger partial charge in [-0.2, -0.15) is 0 Å². The first kappa shape index (κ1) is 23.2. The zero-order valence-electron chi connectivity index (χ0n) is 7.81. The van der Waals surface area contributed by atoms with Crippen LogP contribution in [0.1, 0.15) is 0 Å². The molecule has 0 aromatic rings. The second-order valence-electron chi connectivity index (χ2n) is 3.08. The van der Waals surface area contributed by atoms with Gasteiger partial charge < -0.3 is 5.11 Å². The molecule has 0 saturated heterocycles. The number of hydrogen-bond acceptors (Lipinski definition) is 1. The standard InChI is InChI=1S/C6H3Br11O/c7-2(8,1-18)3(9,10)4(11,12)5(13,14)6(15,16)17/h18H,1H2. The van der Waals surface area contributed by atoms with Crippen LogP contribution in [0.5, 0.6) is 0 Å². The Bertz CT molecular complexity index is 303. The van der Waals surface area contributed by atoms with Crippen molar-refractivity contribution in [1.82, 2.24) is 0 Å². The maximum Gasteiger partial charge on any atom is 0.162 e. The third kappa shape index (κ3) is 4.45. The van der Waals surface area contributed by atoms with Gasteiger partial charge in [0, 0.05) is 0 Å². The highest BCUT2D eigenvalue weighted by molar-refractivity contribution is 9.42. The van der Waals surface area contributed by atoms with E-state index in [0.29, 0.717) is 0 Å². The minimum absolute atomic E-state index is 0.182. The molecular formula is C6H3Br11O. The molecule has 0 spiro atoms. The Hall–Kier alpha value is 5.24. The Morgan fingerprint density at radius 2 is 0.889 bits per heavy atom. The van der Waals surface area contributed by atoms with E-state index in [0.717, 1.165) is 0 Å². The predicted octanol–water partition coefficient (Wildman–Crippen LogP) is 7.76. The Labute approximate surface area is 198 Å². The maximum atomic E-state index is 9.50. The fourth-order valence-corrected chi connectivity index (χ4v) is 8.63. The molecule has 0 saturated carbocycles. The Balaban J connectivity index is 5.80. The molecule has 0 unspecified atom stereocenters. The maximum absolute atomic E-state index is 9.50. The van der Waals surface area contributed by atoms with Gasteiger partial charge in [0.15, 0.2) is 2.14 Å². The lowest BCUT2D eigenvalue weighted by Crippen LogP contribution is -2.60. The third-order valence-electron chi connectivity index (χ3n) is 1.80. The van der Waals surface area contributed by atoms with E-state index < -0.39 is 15.1 Å². The molecule has 110 valence electrons. The Morgan fingerprint density at radius 1 is 0.556 bits per heavy atom. The monoisotopic (exact) mass is 959 g/mol. The van der Waals surface area contributed by atoms with Crippen molar-refractivity contribution in [3.8, 4) is 0 Å². The summed E-state index contributed by atoms with van der Waals surface area (Å²) in [6, 6.07) is 0. The number of rotatable bonds is 4. The first-order chi connectivity index (χ1) is 7.56. The molecule has 0 fully saturated rings. The molecule has 1 N–H and O–H groups in total. The fourth-order valence-electron chi connectivity index (χ4n) is 0.704. The van der Waals surface area contributed by atoms with Crippen LogP contribution in [0.3, 0.4) is 0 Å². The molecule has 0 heterocycles. The van der Waals surface area contributed by atoms with Crippen molar-refractivity contribution in [2.24, 2.45) is 0 Å². The van der Waals surface area contributed by atoms with Gasteiger partial charge in [-0.1, -0.05) is 175 Å². The van der Waals surface area contributed by atoms with Crippen molar-refractivity contribution in [2.45, 2.75) is 15.1 Å². The molecule has 12 heteroatoms. The van der Waals surface area contributed by atoms with E-state index in [1.165, 1.54) is 0 Å². The van der Waals surface area contributed by atoms with E-state index in [-0.39, 0.29) is 6.61 Å². The smallest absolute Gasteiger partial charge is 0.162 e. The van der Waals surface area contributed by atoms with Gasteiger partial charge >= 0.3 is 0 Å². The molecule has 1 nitrogen and oxygen atoms in total. The fraction of sp³-hybridized carbons (Fsp3) is 1.00. The summed E-state index contributed by atoms with van der Waals surface area (Å²) in [4.78, 5) is 0. The lowest BCUT2D eigenvalue weighted by Gasteiger charge is -2.50. The predicted molar refractivity (Wildman–Crippen MR) is 119 cm³/mol. The summed E-state index contributed by atoms with van der Waals surface area (Å²) in [7, 11) is 0. The van der Waals surface area contributed by atoms with E-state index in [1.807, 2.05) is 0 Å². The van der Waals surface area contributed by atoms with E-state index in [4.69, 9.17) is 0 Å². The van der Waals surface area contributed by atoms with Crippen LogP contribution in [0.2, 0.25) is 0 Å². The van der Waals surface area contributed by atoms with Gasteiger partial charge in [0.1, 0.15) is 12.9 Å². The molecule has 18 heavy (non-hydrogen) atoms. The molecule has 0 aliphatic carbocycles. The van der Waals surface area contributed by atoms with Crippen LogP contribution in [0.25, 0.3) is 0 Å². The molecule has 0 amide bonds. The molecule has 0 aromatic carbocycles. The van der Waals surface area contributed by atoms with Crippen LogP contribution >= 0.6 is 175 Å². The lowest BCUT2D eigenvalue weighted by atomic mass is 10.2. The topological polar surface area (TPSA) is 20.2 Å². The normalized spacial score (nSPS) is 16.0. The van der Waals surface area contributed by atoms with E-state index in [2.05, 4.69) is 175 Å². The number of alkyl halides is 11. The number of halogens is 11. The molecule has 0 radical (unpaired) electrons. The number of aliphatic hydroxyl groups excluding tert-OH is 1. The lowest BCUT2D eigenvalue weighted by molar-refractivity contribution is 0.282. The van der Waals surface area contributed by atoms with Gasteiger partial charge in [0.25, 0.3) is 0 Å². The average molecular weight is 970 g/mol. The minimum atomic E-state index is -0.859. The average Bonchev–Trinajstić information content (AvgIpc) is 2.15. The number of hydrogen-bond donors (Lipinski definition) is 1. The highest BCUT2D eigenvalue weighted by atomic mass is 80.0. The number of aliphatic hydroxyl groups is 1. The van der Waals surface area contributed by atoms with E-state index >= 15 is 0 Å². The summed E-state index contributed by atoms with van der Waals surface area (Å²) in [5, 5.41) is 9.50. The molecule has 0 aromatic heterocycles. The van der Waals surface area contributed by atoms with Crippen LogP contribution < -0.4 is 0 Å². The van der Waals surface area contributed by atoms with E-state index in [9.17, 15) is 5.11 Å². The first-order valence-electron chi connectivity index (χ1n) is 3.75. The van der Waals surface area contributed by atoms with Crippen molar-refractivity contribution in [2.75, 3.05) is 6.61 Å². The molecule has 0 aliphatic heterocycles. The van der Waals surface area contributed by atoms with Crippen molar-refractivity contribution in [3.05, 3.63) is 0 Å². The van der Waals surface area contributed by atoms with Gasteiger partial charge in [-0.15, -0.1) is 0 Å². The molecule has 0 rings (SSSR count). The summed E-state index contributed by atoms with van der Waals surface area (Å²) in [6.07, 6.45) is 0. The van der Waals surface area contributed by atoms with Gasteiger partial charge in [0.2, 0.25) is 0 Å². The Morgan fingerprint density at radius 3 is 1.11 bits per heavy atom. The second-order valence-corrected chi connectivity index (χ2v) is 23.9. The van der Waals surface area contributed by atoms with E-state index in [1.54, 1.807) is 0 Å². The summed E-state index contributed by atoms with van der Waals surface area (Å²) < 4.78 is -4.04. The molecule has 0 aliphatic rings. The first-order valence-corrected chi connectivity index (χ1v) is 12.5. The van der Waals surface area contributed by atoms with Gasteiger partial charge in [-0.05, 0) is 0 Å². The van der Waals surface area contributed by atoms with Crippen molar-refractivity contribution in [3.63, 3.8) is 0 Å². The van der Waals surface area contributed by atoms with Crippen LogP contribution in [0, 0.1) is 0 Å². The second kappa shape index (κ2) is 7.64. The van der Waals surface area contributed by atoms with Crippen LogP contribution in [-0.2, 0) is 0 Å². The van der Waals surface area contributed by atoms with Gasteiger partial charge in [-0.25, -0.2) is 0 Å². The van der Waals surface area contributed by atoms with Crippen molar-refractivity contribution in [1.29, 1.82) is 0 Å². The quantitative estimate of drug-likeness (QED) is 0.286. The summed E-state index contributed by atoms with van der Waals surface area (Å²) in [5.74, 6) is 0. The van der Waals surface area contributed by atoms with Crippen molar-refractivity contribution < 1.29 is 5.11 Å². The SMILES string of the molecule is OCC(Br)(Br)C(Br)(Br)C(Br)(Br)C(Br)(Br)C(Br)(Br)Br. The van der Waals surface area contributed by atoms with Crippen LogP contribution in [-0.4, -0.2) is 26.8 Å². The van der Waals surface area contributed by atoms with Gasteiger partial charge in [-0.3, -0.25) is 0 Å². The molecule has 0 bridgehead atoms. The zero-order chi connectivity index (χ0) is 15.2. The summed E-state index contributed by atoms with van der Waals surface area (Å²) >= 11 is 38.7. The third-order valence-corrected chi connectivity index (χ3v) is 22.2. The molecule has 0 atom stereocenters. The Kier molecular flexibility index (Phi) is 9.86. The summed E-state index contributed by atoms with van der Waals surface area (Å²) in [6.45, 7) is -0.182. The summed E-state index contributed by atoms with van der Waals surface area (Å²) in [5.41, 5.74) is 0.